The highest BCUT2D eigenvalue weighted by Gasteiger charge is 2.42. The van der Waals surface area contributed by atoms with Crippen molar-refractivity contribution >= 4 is 11.7 Å². The van der Waals surface area contributed by atoms with Gasteiger partial charge in [-0.2, -0.15) is 0 Å². The van der Waals surface area contributed by atoms with Crippen molar-refractivity contribution in [3.63, 3.8) is 0 Å². The Hall–Kier alpha value is -1.55. The monoisotopic (exact) mass is 262 g/mol. The van der Waals surface area contributed by atoms with Crippen molar-refractivity contribution in [3.8, 4) is 0 Å². The Morgan fingerprint density at radius 3 is 2.74 bits per heavy atom. The summed E-state index contributed by atoms with van der Waals surface area (Å²) >= 11 is 0. The number of carbonyl (C=O) groups excluding carboxylic acids is 1. The van der Waals surface area contributed by atoms with Crippen LogP contribution in [0.3, 0.4) is 0 Å². The summed E-state index contributed by atoms with van der Waals surface area (Å²) in [5.41, 5.74) is 1.97. The SMILES string of the molecule is CCCc1ccccc1NC(=O)NCC1(CO)CC1. The van der Waals surface area contributed by atoms with Crippen molar-refractivity contribution in [2.45, 2.75) is 32.6 Å². The van der Waals surface area contributed by atoms with Crippen molar-refractivity contribution in [2.75, 3.05) is 18.5 Å². The molecule has 104 valence electrons. The first-order valence-electron chi connectivity index (χ1n) is 6.93. The average molecular weight is 262 g/mol. The summed E-state index contributed by atoms with van der Waals surface area (Å²) in [5, 5.41) is 14.9. The molecule has 0 bridgehead atoms. The number of anilines is 1. The Bertz CT molecular complexity index is 442. The van der Waals surface area contributed by atoms with Crippen LogP contribution in [0.2, 0.25) is 0 Å². The summed E-state index contributed by atoms with van der Waals surface area (Å²) in [4.78, 5) is 11.9. The van der Waals surface area contributed by atoms with Crippen LogP contribution in [0.1, 0.15) is 31.7 Å². The molecule has 0 aliphatic heterocycles. The Balaban J connectivity index is 1.88. The van der Waals surface area contributed by atoms with Crippen LogP contribution in [0.25, 0.3) is 0 Å². The predicted octanol–water partition coefficient (Wildman–Crippen LogP) is 2.53. The zero-order chi connectivity index (χ0) is 13.7. The number of hydrogen-bond acceptors (Lipinski definition) is 2. The molecule has 4 nitrogen and oxygen atoms in total. The molecule has 3 N–H and O–H groups in total. The van der Waals surface area contributed by atoms with Gasteiger partial charge in [0.2, 0.25) is 0 Å². The third-order valence-electron chi connectivity index (χ3n) is 3.70. The average Bonchev–Trinajstić information content (AvgIpc) is 3.20. The molecule has 19 heavy (non-hydrogen) atoms. The molecule has 0 atom stereocenters. The first-order valence-corrected chi connectivity index (χ1v) is 6.93. The van der Waals surface area contributed by atoms with Gasteiger partial charge in [0.05, 0.1) is 6.61 Å². The van der Waals surface area contributed by atoms with E-state index in [2.05, 4.69) is 17.6 Å². The van der Waals surface area contributed by atoms with E-state index >= 15 is 0 Å². The molecule has 0 saturated heterocycles. The number of aryl methyl sites for hydroxylation is 1. The predicted molar refractivity (Wildman–Crippen MR) is 76.2 cm³/mol. The van der Waals surface area contributed by atoms with Crippen LogP contribution >= 0.6 is 0 Å². The standard InChI is InChI=1S/C15H22N2O2/c1-2-5-12-6-3-4-7-13(12)17-14(19)16-10-15(11-18)8-9-15/h3-4,6-7,18H,2,5,8-11H2,1H3,(H2,16,17,19). The van der Waals surface area contributed by atoms with Crippen LogP contribution in [0.5, 0.6) is 0 Å². The third kappa shape index (κ3) is 3.70. The lowest BCUT2D eigenvalue weighted by molar-refractivity contribution is 0.206. The fraction of sp³-hybridized carbons (Fsp3) is 0.533. The minimum atomic E-state index is -0.191. The maximum absolute atomic E-state index is 11.9. The maximum atomic E-state index is 11.9. The summed E-state index contributed by atoms with van der Waals surface area (Å²) in [6.07, 6.45) is 4.00. The molecule has 0 aromatic heterocycles. The lowest BCUT2D eigenvalue weighted by Crippen LogP contribution is -2.35. The zero-order valence-corrected chi connectivity index (χ0v) is 11.4. The van der Waals surface area contributed by atoms with E-state index in [1.807, 2.05) is 24.3 Å². The Morgan fingerprint density at radius 2 is 2.11 bits per heavy atom. The lowest BCUT2D eigenvalue weighted by Gasteiger charge is -2.15. The largest absolute Gasteiger partial charge is 0.396 e. The minimum Gasteiger partial charge on any atom is -0.396 e. The van der Waals surface area contributed by atoms with Crippen LogP contribution in [-0.4, -0.2) is 24.3 Å². The van der Waals surface area contributed by atoms with Gasteiger partial charge in [-0.3, -0.25) is 0 Å². The molecular formula is C15H22N2O2. The second kappa shape index (κ2) is 6.06. The van der Waals surface area contributed by atoms with Gasteiger partial charge in [-0.1, -0.05) is 31.5 Å². The minimum absolute atomic E-state index is 0.0553. The van der Waals surface area contributed by atoms with Crippen molar-refractivity contribution < 1.29 is 9.90 Å². The van der Waals surface area contributed by atoms with Gasteiger partial charge >= 0.3 is 6.03 Å². The highest BCUT2D eigenvalue weighted by Crippen LogP contribution is 2.44. The van der Waals surface area contributed by atoms with Crippen LogP contribution in [0, 0.1) is 5.41 Å². The van der Waals surface area contributed by atoms with Crippen LogP contribution in [0.4, 0.5) is 10.5 Å². The molecular weight excluding hydrogens is 240 g/mol. The summed E-state index contributed by atoms with van der Waals surface area (Å²) < 4.78 is 0. The van der Waals surface area contributed by atoms with Gasteiger partial charge in [0.1, 0.15) is 0 Å². The number of amides is 2. The van der Waals surface area contributed by atoms with E-state index < -0.39 is 0 Å². The number of carbonyl (C=O) groups is 1. The van der Waals surface area contributed by atoms with Crippen LogP contribution in [0.15, 0.2) is 24.3 Å². The molecule has 0 heterocycles. The number of urea groups is 1. The Kier molecular flexibility index (Phi) is 4.43. The number of para-hydroxylation sites is 1. The van der Waals surface area contributed by atoms with E-state index in [9.17, 15) is 9.90 Å². The van der Waals surface area contributed by atoms with E-state index in [1.165, 1.54) is 0 Å². The summed E-state index contributed by atoms with van der Waals surface area (Å²) in [5.74, 6) is 0. The molecule has 2 rings (SSSR count). The number of rotatable bonds is 6. The summed E-state index contributed by atoms with van der Waals surface area (Å²) in [6, 6.07) is 7.67. The van der Waals surface area contributed by atoms with Gasteiger partial charge < -0.3 is 15.7 Å². The fourth-order valence-corrected chi connectivity index (χ4v) is 2.13. The maximum Gasteiger partial charge on any atom is 0.319 e. The van der Waals surface area contributed by atoms with Gasteiger partial charge in [-0.05, 0) is 30.9 Å². The van der Waals surface area contributed by atoms with E-state index in [4.69, 9.17) is 0 Å². The number of hydrogen-bond donors (Lipinski definition) is 3. The Morgan fingerprint density at radius 1 is 1.37 bits per heavy atom. The van der Waals surface area contributed by atoms with Crippen molar-refractivity contribution in [2.24, 2.45) is 5.41 Å². The van der Waals surface area contributed by atoms with Gasteiger partial charge in [-0.25, -0.2) is 4.79 Å². The fourth-order valence-electron chi connectivity index (χ4n) is 2.13. The molecule has 1 fully saturated rings. The third-order valence-corrected chi connectivity index (χ3v) is 3.70. The molecule has 0 unspecified atom stereocenters. The number of aliphatic hydroxyl groups excluding tert-OH is 1. The van der Waals surface area contributed by atoms with Gasteiger partial charge in [0.25, 0.3) is 0 Å². The van der Waals surface area contributed by atoms with Crippen molar-refractivity contribution in [3.05, 3.63) is 29.8 Å². The van der Waals surface area contributed by atoms with E-state index in [0.29, 0.717) is 6.54 Å². The quantitative estimate of drug-likeness (QED) is 0.737. The van der Waals surface area contributed by atoms with E-state index in [-0.39, 0.29) is 18.1 Å². The normalized spacial score (nSPS) is 15.9. The first-order chi connectivity index (χ1) is 9.19. The number of benzene rings is 1. The molecule has 0 radical (unpaired) electrons. The van der Waals surface area contributed by atoms with Crippen molar-refractivity contribution in [1.29, 1.82) is 0 Å². The molecule has 1 aromatic rings. The molecule has 4 heteroatoms. The molecule has 2 amide bonds. The van der Waals surface area contributed by atoms with Gasteiger partial charge in [-0.15, -0.1) is 0 Å². The van der Waals surface area contributed by atoms with Crippen LogP contribution < -0.4 is 10.6 Å². The molecule has 0 spiro atoms. The summed E-state index contributed by atoms with van der Waals surface area (Å²) in [6.45, 7) is 2.82. The zero-order valence-electron chi connectivity index (χ0n) is 11.4. The second-order valence-electron chi connectivity index (χ2n) is 5.37. The lowest BCUT2D eigenvalue weighted by atomic mass is 10.1. The number of aliphatic hydroxyl groups is 1. The van der Waals surface area contributed by atoms with Crippen LogP contribution in [-0.2, 0) is 6.42 Å². The Labute approximate surface area is 114 Å². The highest BCUT2D eigenvalue weighted by molar-refractivity contribution is 5.90. The molecule has 1 aliphatic carbocycles. The topological polar surface area (TPSA) is 61.4 Å². The highest BCUT2D eigenvalue weighted by atomic mass is 16.3. The molecule has 1 saturated carbocycles. The number of nitrogens with one attached hydrogen (secondary N) is 2. The molecule has 1 aliphatic rings. The molecule has 1 aromatic carbocycles. The van der Waals surface area contributed by atoms with Gasteiger partial charge in [0.15, 0.2) is 0 Å². The van der Waals surface area contributed by atoms with E-state index in [0.717, 1.165) is 36.9 Å². The van der Waals surface area contributed by atoms with E-state index in [1.54, 1.807) is 0 Å². The first kappa shape index (κ1) is 13.9. The smallest absolute Gasteiger partial charge is 0.319 e. The summed E-state index contributed by atoms with van der Waals surface area (Å²) in [7, 11) is 0. The van der Waals surface area contributed by atoms with Gasteiger partial charge in [0, 0.05) is 17.6 Å². The van der Waals surface area contributed by atoms with Crippen molar-refractivity contribution in [1.82, 2.24) is 5.32 Å². The second-order valence-corrected chi connectivity index (χ2v) is 5.37.